The van der Waals surface area contributed by atoms with Gasteiger partial charge in [-0.1, -0.05) is 6.92 Å². The number of hydrogen-bond donors (Lipinski definition) is 1. The lowest BCUT2D eigenvalue weighted by molar-refractivity contribution is 0.623. The molecule has 4 heteroatoms. The highest BCUT2D eigenvalue weighted by Gasteiger charge is 2.24. The molecule has 1 unspecified atom stereocenters. The first-order valence-electron chi connectivity index (χ1n) is 6.13. The molecule has 1 aliphatic heterocycles. The van der Waals surface area contributed by atoms with Crippen molar-refractivity contribution in [3.63, 3.8) is 0 Å². The van der Waals surface area contributed by atoms with Crippen molar-refractivity contribution in [1.82, 2.24) is 10.3 Å². The Morgan fingerprint density at radius 3 is 2.81 bits per heavy atom. The van der Waals surface area contributed by atoms with Crippen LogP contribution in [-0.4, -0.2) is 30.7 Å². The Kier molecular flexibility index (Phi) is 3.82. The van der Waals surface area contributed by atoms with Gasteiger partial charge in [-0.15, -0.1) is 11.3 Å². The predicted octanol–water partition coefficient (Wildman–Crippen LogP) is 2.34. The minimum Gasteiger partial charge on any atom is -0.344 e. The third-order valence-electron chi connectivity index (χ3n) is 3.20. The van der Waals surface area contributed by atoms with E-state index in [1.807, 2.05) is 11.3 Å². The molecule has 1 aliphatic rings. The zero-order valence-corrected chi connectivity index (χ0v) is 11.2. The van der Waals surface area contributed by atoms with Crippen molar-refractivity contribution in [3.05, 3.63) is 10.6 Å². The lowest BCUT2D eigenvalue weighted by Crippen LogP contribution is -2.37. The lowest BCUT2D eigenvalue weighted by Gasteiger charge is -2.27. The van der Waals surface area contributed by atoms with Gasteiger partial charge in [-0.3, -0.25) is 0 Å². The second-order valence-corrected chi connectivity index (χ2v) is 5.66. The maximum Gasteiger partial charge on any atom is 0.186 e. The average molecular weight is 239 g/mol. The summed E-state index contributed by atoms with van der Waals surface area (Å²) in [6, 6.07) is 0.643. The Morgan fingerprint density at radius 1 is 1.50 bits per heavy atom. The van der Waals surface area contributed by atoms with Crippen LogP contribution in [-0.2, 0) is 0 Å². The van der Waals surface area contributed by atoms with E-state index in [2.05, 4.69) is 31.0 Å². The van der Waals surface area contributed by atoms with Crippen molar-refractivity contribution < 1.29 is 0 Å². The Bertz CT molecular complexity index is 323. The Balaban J connectivity index is 2.17. The van der Waals surface area contributed by atoms with Gasteiger partial charge < -0.3 is 10.2 Å². The van der Waals surface area contributed by atoms with Crippen LogP contribution in [0.5, 0.6) is 0 Å². The van der Waals surface area contributed by atoms with E-state index in [1.165, 1.54) is 28.5 Å². The van der Waals surface area contributed by atoms with E-state index in [1.54, 1.807) is 0 Å². The monoisotopic (exact) mass is 239 g/mol. The first-order chi connectivity index (χ1) is 7.72. The van der Waals surface area contributed by atoms with Crippen LogP contribution < -0.4 is 10.2 Å². The molecule has 90 valence electrons. The molecule has 1 saturated heterocycles. The van der Waals surface area contributed by atoms with Gasteiger partial charge in [-0.2, -0.15) is 0 Å². The van der Waals surface area contributed by atoms with Gasteiger partial charge in [0.15, 0.2) is 5.13 Å². The van der Waals surface area contributed by atoms with Crippen molar-refractivity contribution >= 4 is 16.5 Å². The normalized spacial score (nSPS) is 20.3. The quantitative estimate of drug-likeness (QED) is 0.874. The predicted molar refractivity (Wildman–Crippen MR) is 70.5 cm³/mol. The Labute approximate surface area is 102 Å². The largest absolute Gasteiger partial charge is 0.344 e. The maximum absolute atomic E-state index is 4.69. The molecular weight excluding hydrogens is 218 g/mol. The van der Waals surface area contributed by atoms with Gasteiger partial charge in [0.25, 0.3) is 0 Å². The van der Waals surface area contributed by atoms with Crippen LogP contribution in [0.25, 0.3) is 0 Å². The minimum absolute atomic E-state index is 0.643. The highest BCUT2D eigenvalue weighted by atomic mass is 32.1. The molecule has 0 bridgehead atoms. The number of rotatable bonds is 4. The average Bonchev–Trinajstić information content (AvgIpc) is 2.86. The molecule has 1 aromatic heterocycles. The third kappa shape index (κ3) is 2.38. The summed E-state index contributed by atoms with van der Waals surface area (Å²) in [4.78, 5) is 8.53. The van der Waals surface area contributed by atoms with Crippen molar-refractivity contribution in [2.45, 2.75) is 39.7 Å². The number of aryl methyl sites for hydroxylation is 2. The van der Waals surface area contributed by atoms with Crippen LogP contribution in [0.3, 0.4) is 0 Å². The van der Waals surface area contributed by atoms with Crippen LogP contribution in [0.15, 0.2) is 0 Å². The summed E-state index contributed by atoms with van der Waals surface area (Å²) in [6.07, 6.45) is 2.44. The molecule has 2 heterocycles. The van der Waals surface area contributed by atoms with E-state index >= 15 is 0 Å². The topological polar surface area (TPSA) is 28.2 Å². The van der Waals surface area contributed by atoms with Gasteiger partial charge in [-0.25, -0.2) is 4.98 Å². The molecule has 3 nitrogen and oxygen atoms in total. The fourth-order valence-corrected chi connectivity index (χ4v) is 3.17. The summed E-state index contributed by atoms with van der Waals surface area (Å²) in [7, 11) is 0. The van der Waals surface area contributed by atoms with Crippen molar-refractivity contribution in [1.29, 1.82) is 0 Å². The molecular formula is C12H21N3S. The van der Waals surface area contributed by atoms with Crippen molar-refractivity contribution in [2.24, 2.45) is 0 Å². The zero-order valence-electron chi connectivity index (χ0n) is 10.4. The second kappa shape index (κ2) is 5.15. The van der Waals surface area contributed by atoms with Gasteiger partial charge in [-0.05, 0) is 33.2 Å². The fourth-order valence-electron chi connectivity index (χ4n) is 2.16. The maximum atomic E-state index is 4.69. The molecule has 0 amide bonds. The van der Waals surface area contributed by atoms with E-state index in [0.717, 1.165) is 19.6 Å². The first-order valence-corrected chi connectivity index (χ1v) is 6.95. The van der Waals surface area contributed by atoms with Crippen LogP contribution in [0.1, 0.15) is 30.3 Å². The van der Waals surface area contributed by atoms with E-state index in [-0.39, 0.29) is 0 Å². The Morgan fingerprint density at radius 2 is 2.31 bits per heavy atom. The van der Waals surface area contributed by atoms with E-state index in [4.69, 9.17) is 4.98 Å². The number of nitrogens with zero attached hydrogens (tertiary/aromatic N) is 2. The summed E-state index contributed by atoms with van der Waals surface area (Å²) in [6.45, 7) is 9.88. The highest BCUT2D eigenvalue weighted by molar-refractivity contribution is 7.15. The standard InChI is InChI=1S/C12H21N3S/c1-4-7-15(11-5-6-13-8-11)12-14-9(2)10(3)16-12/h11,13H,4-8H2,1-3H3. The molecule has 1 fully saturated rings. The molecule has 1 aromatic rings. The summed E-state index contributed by atoms with van der Waals surface area (Å²) in [5.41, 5.74) is 1.19. The molecule has 0 spiro atoms. The van der Waals surface area contributed by atoms with Gasteiger partial charge >= 0.3 is 0 Å². The highest BCUT2D eigenvalue weighted by Crippen LogP contribution is 2.28. The lowest BCUT2D eigenvalue weighted by atomic mass is 10.2. The minimum atomic E-state index is 0.643. The fraction of sp³-hybridized carbons (Fsp3) is 0.750. The number of thiazole rings is 1. The number of anilines is 1. The zero-order chi connectivity index (χ0) is 11.5. The van der Waals surface area contributed by atoms with E-state index < -0.39 is 0 Å². The van der Waals surface area contributed by atoms with Crippen molar-refractivity contribution in [2.75, 3.05) is 24.5 Å². The smallest absolute Gasteiger partial charge is 0.186 e. The molecule has 2 rings (SSSR count). The van der Waals surface area contributed by atoms with Gasteiger partial charge in [0.1, 0.15) is 0 Å². The third-order valence-corrected chi connectivity index (χ3v) is 4.31. The van der Waals surface area contributed by atoms with Gasteiger partial charge in [0.05, 0.1) is 5.69 Å². The van der Waals surface area contributed by atoms with E-state index in [9.17, 15) is 0 Å². The van der Waals surface area contributed by atoms with Crippen LogP contribution in [0.2, 0.25) is 0 Å². The second-order valence-electron chi connectivity index (χ2n) is 4.48. The summed E-state index contributed by atoms with van der Waals surface area (Å²) >= 11 is 1.84. The summed E-state index contributed by atoms with van der Waals surface area (Å²) in [5.74, 6) is 0. The van der Waals surface area contributed by atoms with Gasteiger partial charge in [0.2, 0.25) is 0 Å². The molecule has 0 radical (unpaired) electrons. The molecule has 0 saturated carbocycles. The van der Waals surface area contributed by atoms with Crippen LogP contribution >= 0.6 is 11.3 Å². The molecule has 0 aromatic carbocycles. The summed E-state index contributed by atoms with van der Waals surface area (Å²) in [5, 5.41) is 4.65. The Hall–Kier alpha value is -0.610. The number of nitrogens with one attached hydrogen (secondary N) is 1. The van der Waals surface area contributed by atoms with Crippen molar-refractivity contribution in [3.8, 4) is 0 Å². The van der Waals surface area contributed by atoms with Crippen LogP contribution in [0, 0.1) is 13.8 Å². The first kappa shape index (κ1) is 11.9. The molecule has 1 N–H and O–H groups in total. The van der Waals surface area contributed by atoms with Gasteiger partial charge in [0, 0.05) is 24.0 Å². The molecule has 1 atom stereocenters. The summed E-state index contributed by atoms with van der Waals surface area (Å²) < 4.78 is 0. The van der Waals surface area contributed by atoms with Crippen LogP contribution in [0.4, 0.5) is 5.13 Å². The number of hydrogen-bond acceptors (Lipinski definition) is 4. The molecule has 0 aliphatic carbocycles. The number of aromatic nitrogens is 1. The molecule has 16 heavy (non-hydrogen) atoms. The SMILES string of the molecule is CCCN(c1nc(C)c(C)s1)C1CCNC1. The van der Waals surface area contributed by atoms with E-state index in [0.29, 0.717) is 6.04 Å².